The van der Waals surface area contributed by atoms with Gasteiger partial charge in [-0.15, -0.1) is 0 Å². The van der Waals surface area contributed by atoms with Crippen molar-refractivity contribution in [2.75, 3.05) is 6.61 Å². The van der Waals surface area contributed by atoms with Gasteiger partial charge >= 0.3 is 6.18 Å². The van der Waals surface area contributed by atoms with Gasteiger partial charge in [-0.25, -0.2) is 0 Å². The molecule has 0 N–H and O–H groups in total. The minimum atomic E-state index is -4.45. The Morgan fingerprint density at radius 3 is 2.18 bits per heavy atom. The van der Waals surface area contributed by atoms with Gasteiger partial charge in [-0.05, 0) is 36.7 Å². The number of hydrogen-bond acceptors (Lipinski definition) is 3. The van der Waals surface area contributed by atoms with Gasteiger partial charge in [-0.3, -0.25) is 4.18 Å². The first kappa shape index (κ1) is 22.6. The zero-order valence-corrected chi connectivity index (χ0v) is 18.2. The van der Waals surface area contributed by atoms with E-state index in [2.05, 4.69) is 19.6 Å². The summed E-state index contributed by atoms with van der Waals surface area (Å²) in [7, 11) is -5.69. The molecule has 0 aromatic heterocycles. The molecule has 0 radical (unpaired) electrons. The van der Waals surface area contributed by atoms with E-state index in [0.717, 1.165) is 17.7 Å². The van der Waals surface area contributed by atoms with E-state index in [9.17, 15) is 21.6 Å². The molecule has 28 heavy (non-hydrogen) atoms. The first-order chi connectivity index (χ1) is 12.8. The topological polar surface area (TPSA) is 43.4 Å². The van der Waals surface area contributed by atoms with Crippen LogP contribution >= 0.6 is 0 Å². The quantitative estimate of drug-likeness (QED) is 0.409. The van der Waals surface area contributed by atoms with Crippen molar-refractivity contribution in [3.8, 4) is 0 Å². The lowest BCUT2D eigenvalue weighted by atomic mass is 9.99. The van der Waals surface area contributed by atoms with Gasteiger partial charge in [0.25, 0.3) is 10.1 Å². The smallest absolute Gasteiger partial charge is 0.266 e. The van der Waals surface area contributed by atoms with Crippen LogP contribution in [0, 0.1) is 6.92 Å². The fourth-order valence-corrected chi connectivity index (χ4v) is 5.71. The lowest BCUT2D eigenvalue weighted by molar-refractivity contribution is -0.137. The number of alkyl halides is 3. The SMILES string of the molecule is Cc1ccc(S(=O)(=O)OCC(C[Si](C)(C)C)c2cccc(C(F)(F)F)c2)cc1. The summed E-state index contributed by atoms with van der Waals surface area (Å²) >= 11 is 0. The number of halogens is 3. The van der Waals surface area contributed by atoms with Gasteiger partial charge in [0.2, 0.25) is 0 Å². The fourth-order valence-electron chi connectivity index (χ4n) is 2.93. The van der Waals surface area contributed by atoms with Gasteiger partial charge in [-0.1, -0.05) is 55.5 Å². The third-order valence-corrected chi connectivity index (χ3v) is 7.29. The maximum absolute atomic E-state index is 13.1. The molecule has 8 heteroatoms. The summed E-state index contributed by atoms with van der Waals surface area (Å²) in [5, 5.41) is 0. The van der Waals surface area contributed by atoms with Crippen LogP contribution in [-0.4, -0.2) is 23.1 Å². The van der Waals surface area contributed by atoms with Crippen molar-refractivity contribution in [3.63, 3.8) is 0 Å². The Kier molecular flexibility index (Phi) is 6.78. The minimum Gasteiger partial charge on any atom is -0.266 e. The van der Waals surface area contributed by atoms with Gasteiger partial charge in [0.15, 0.2) is 0 Å². The monoisotopic (exact) mass is 430 g/mol. The molecule has 0 saturated heterocycles. The molecule has 0 aliphatic carbocycles. The number of benzene rings is 2. The van der Waals surface area contributed by atoms with E-state index in [-0.39, 0.29) is 11.5 Å². The Balaban J connectivity index is 2.28. The normalized spacial score (nSPS) is 14.1. The zero-order chi connectivity index (χ0) is 21.2. The van der Waals surface area contributed by atoms with E-state index in [1.807, 2.05) is 6.92 Å². The van der Waals surface area contributed by atoms with Gasteiger partial charge in [-0.2, -0.15) is 21.6 Å². The molecule has 2 rings (SSSR count). The first-order valence-electron chi connectivity index (χ1n) is 8.91. The van der Waals surface area contributed by atoms with Crippen molar-refractivity contribution < 1.29 is 25.8 Å². The van der Waals surface area contributed by atoms with Crippen LogP contribution in [-0.2, 0) is 20.5 Å². The largest absolute Gasteiger partial charge is 0.416 e. The summed E-state index contributed by atoms with van der Waals surface area (Å²) in [6, 6.07) is 11.9. The molecule has 0 aliphatic rings. The Morgan fingerprint density at radius 2 is 1.64 bits per heavy atom. The van der Waals surface area contributed by atoms with Crippen LogP contribution in [0.1, 0.15) is 22.6 Å². The van der Waals surface area contributed by atoms with E-state index in [0.29, 0.717) is 11.6 Å². The molecule has 2 aromatic rings. The highest BCUT2D eigenvalue weighted by molar-refractivity contribution is 7.86. The highest BCUT2D eigenvalue weighted by Gasteiger charge is 2.32. The van der Waals surface area contributed by atoms with Gasteiger partial charge in [0.05, 0.1) is 17.1 Å². The van der Waals surface area contributed by atoms with Crippen molar-refractivity contribution in [3.05, 3.63) is 65.2 Å². The molecule has 2 aromatic carbocycles. The predicted molar refractivity (Wildman–Crippen MR) is 107 cm³/mol. The van der Waals surface area contributed by atoms with Crippen molar-refractivity contribution in [1.29, 1.82) is 0 Å². The Hall–Kier alpha value is -1.64. The van der Waals surface area contributed by atoms with Crippen LogP contribution in [0.15, 0.2) is 53.4 Å². The van der Waals surface area contributed by atoms with Gasteiger partial charge in [0, 0.05) is 14.0 Å². The summed E-state index contributed by atoms with van der Waals surface area (Å²) in [6.07, 6.45) is -4.45. The number of hydrogen-bond donors (Lipinski definition) is 0. The molecule has 1 atom stereocenters. The number of rotatable bonds is 7. The molecule has 0 fully saturated rings. The van der Waals surface area contributed by atoms with Crippen molar-refractivity contribution in [2.45, 2.75) is 49.6 Å². The minimum absolute atomic E-state index is 0.0360. The summed E-state index contributed by atoms with van der Waals surface area (Å²) < 4.78 is 69.5. The highest BCUT2D eigenvalue weighted by atomic mass is 32.2. The first-order valence-corrected chi connectivity index (χ1v) is 14.0. The Bertz CT molecular complexity index is 902. The summed E-state index contributed by atoms with van der Waals surface area (Å²) in [4.78, 5) is 0.0360. The maximum Gasteiger partial charge on any atom is 0.416 e. The summed E-state index contributed by atoms with van der Waals surface area (Å²) in [6.45, 7) is 7.91. The second-order valence-corrected chi connectivity index (χ2v) is 15.3. The van der Waals surface area contributed by atoms with Crippen LogP contribution in [0.4, 0.5) is 13.2 Å². The average molecular weight is 431 g/mol. The van der Waals surface area contributed by atoms with E-state index in [1.165, 1.54) is 18.2 Å². The molecule has 0 heterocycles. The summed E-state index contributed by atoms with van der Waals surface area (Å²) in [5.74, 6) is -0.436. The Morgan fingerprint density at radius 1 is 1.04 bits per heavy atom. The third kappa shape index (κ3) is 6.46. The lowest BCUT2D eigenvalue weighted by Gasteiger charge is -2.25. The molecule has 3 nitrogen and oxygen atoms in total. The molecule has 0 amide bonds. The van der Waals surface area contributed by atoms with E-state index >= 15 is 0 Å². The second kappa shape index (κ2) is 8.38. The lowest BCUT2D eigenvalue weighted by Crippen LogP contribution is -2.26. The highest BCUT2D eigenvalue weighted by Crippen LogP contribution is 2.34. The van der Waals surface area contributed by atoms with Crippen LogP contribution in [0.25, 0.3) is 0 Å². The molecule has 0 bridgehead atoms. The van der Waals surface area contributed by atoms with E-state index < -0.39 is 35.8 Å². The predicted octanol–water partition coefficient (Wildman–Crippen LogP) is 5.84. The van der Waals surface area contributed by atoms with Crippen molar-refractivity contribution >= 4 is 18.2 Å². The Labute approximate surface area is 165 Å². The van der Waals surface area contributed by atoms with Crippen LogP contribution in [0.3, 0.4) is 0 Å². The van der Waals surface area contributed by atoms with Crippen LogP contribution in [0.2, 0.25) is 25.7 Å². The molecule has 0 saturated carbocycles. The van der Waals surface area contributed by atoms with Crippen molar-refractivity contribution in [2.24, 2.45) is 0 Å². The molecule has 1 unspecified atom stereocenters. The zero-order valence-electron chi connectivity index (χ0n) is 16.4. The molecular weight excluding hydrogens is 405 g/mol. The molecule has 0 aliphatic heterocycles. The van der Waals surface area contributed by atoms with Gasteiger partial charge in [0.1, 0.15) is 0 Å². The molecular formula is C20H25F3O3SSi. The maximum atomic E-state index is 13.1. The van der Waals surface area contributed by atoms with Crippen molar-refractivity contribution in [1.82, 2.24) is 0 Å². The van der Waals surface area contributed by atoms with Gasteiger partial charge < -0.3 is 0 Å². The fraction of sp³-hybridized carbons (Fsp3) is 0.400. The van der Waals surface area contributed by atoms with Crippen LogP contribution in [0.5, 0.6) is 0 Å². The molecule has 154 valence electrons. The number of aryl methyl sites for hydroxylation is 1. The molecule has 0 spiro atoms. The standard InChI is InChI=1S/C20H25F3O3SSi/c1-15-8-10-19(11-9-15)27(24,25)26-13-17(14-28(2,3)4)16-6-5-7-18(12-16)20(21,22)23/h5-12,17H,13-14H2,1-4H3. The average Bonchev–Trinajstić information content (AvgIpc) is 2.57. The second-order valence-electron chi connectivity index (χ2n) is 8.14. The van der Waals surface area contributed by atoms with E-state index in [4.69, 9.17) is 4.18 Å². The van der Waals surface area contributed by atoms with E-state index in [1.54, 1.807) is 18.2 Å². The summed E-state index contributed by atoms with van der Waals surface area (Å²) in [5.41, 5.74) is 0.614. The van der Waals surface area contributed by atoms with Crippen LogP contribution < -0.4 is 0 Å². The third-order valence-electron chi connectivity index (χ3n) is 4.28.